The average molecular weight is 379 g/mol. The number of aryl methyl sites for hydroxylation is 1. The minimum Gasteiger partial charge on any atom is -0.456 e. The molecule has 1 aliphatic heterocycles. The fourth-order valence-electron chi connectivity index (χ4n) is 3.75. The van der Waals surface area contributed by atoms with Crippen LogP contribution in [0.4, 0.5) is 0 Å². The Bertz CT molecular complexity index is 1020. The Morgan fingerprint density at radius 1 is 1.30 bits per heavy atom. The average Bonchev–Trinajstić information content (AvgIpc) is 3.31. The molecule has 5 nitrogen and oxygen atoms in total. The van der Waals surface area contributed by atoms with Crippen LogP contribution in [0.15, 0.2) is 55.0 Å². The zero-order valence-corrected chi connectivity index (χ0v) is 15.7. The molecular formula is C21H19ClN4O. The van der Waals surface area contributed by atoms with Gasteiger partial charge < -0.3 is 14.6 Å². The third-order valence-corrected chi connectivity index (χ3v) is 5.26. The molecular weight excluding hydrogens is 360 g/mol. The van der Waals surface area contributed by atoms with Gasteiger partial charge in [-0.3, -0.25) is 0 Å². The van der Waals surface area contributed by atoms with Crippen molar-refractivity contribution in [3.8, 4) is 17.6 Å². The highest BCUT2D eigenvalue weighted by Gasteiger charge is 2.39. The molecule has 4 rings (SSSR count). The number of aromatic nitrogens is 2. The van der Waals surface area contributed by atoms with Crippen LogP contribution in [0.1, 0.15) is 29.7 Å². The summed E-state index contributed by atoms with van der Waals surface area (Å²) in [7, 11) is 2.00. The number of halogens is 1. The van der Waals surface area contributed by atoms with Crippen LogP contribution in [0.5, 0.6) is 11.5 Å². The fourth-order valence-corrected chi connectivity index (χ4v) is 3.93. The first kappa shape index (κ1) is 17.6. The van der Waals surface area contributed by atoms with Gasteiger partial charge in [-0.2, -0.15) is 5.26 Å². The zero-order chi connectivity index (χ0) is 18.9. The van der Waals surface area contributed by atoms with Crippen LogP contribution < -0.4 is 10.1 Å². The summed E-state index contributed by atoms with van der Waals surface area (Å²) in [5, 5.41) is 13.7. The van der Waals surface area contributed by atoms with Gasteiger partial charge in [0.1, 0.15) is 17.6 Å². The topological polar surface area (TPSA) is 62.9 Å². The molecule has 6 heteroatoms. The second-order valence-electron chi connectivity index (χ2n) is 6.71. The number of nitriles is 1. The molecule has 136 valence electrons. The first-order valence-electron chi connectivity index (χ1n) is 8.82. The fraction of sp³-hybridized carbons (Fsp3) is 0.238. The van der Waals surface area contributed by atoms with Gasteiger partial charge in [-0.25, -0.2) is 4.98 Å². The summed E-state index contributed by atoms with van der Waals surface area (Å²) in [4.78, 5) is 4.30. The van der Waals surface area contributed by atoms with Crippen molar-refractivity contribution in [1.82, 2.24) is 14.9 Å². The molecule has 0 saturated carbocycles. The molecule has 1 atom stereocenters. The molecule has 3 aromatic rings. The van der Waals surface area contributed by atoms with E-state index in [-0.39, 0.29) is 5.54 Å². The van der Waals surface area contributed by atoms with Gasteiger partial charge in [-0.05, 0) is 55.3 Å². The maximum atomic E-state index is 9.51. The molecule has 0 spiro atoms. The van der Waals surface area contributed by atoms with Gasteiger partial charge in [0.25, 0.3) is 0 Å². The second-order valence-corrected chi connectivity index (χ2v) is 7.14. The third kappa shape index (κ3) is 3.18. The van der Waals surface area contributed by atoms with Gasteiger partial charge >= 0.3 is 0 Å². The van der Waals surface area contributed by atoms with Gasteiger partial charge in [-0.1, -0.05) is 23.7 Å². The Morgan fingerprint density at radius 3 is 2.85 bits per heavy atom. The predicted molar refractivity (Wildman–Crippen MR) is 104 cm³/mol. The van der Waals surface area contributed by atoms with E-state index in [4.69, 9.17) is 16.3 Å². The van der Waals surface area contributed by atoms with E-state index in [1.165, 1.54) is 0 Å². The Morgan fingerprint density at radius 2 is 2.19 bits per heavy atom. The van der Waals surface area contributed by atoms with Crippen LogP contribution in [0.2, 0.25) is 5.02 Å². The molecule has 1 N–H and O–H groups in total. The van der Waals surface area contributed by atoms with Crippen LogP contribution in [-0.2, 0) is 12.6 Å². The quantitative estimate of drug-likeness (QED) is 0.732. The number of benzene rings is 2. The Balaban J connectivity index is 1.80. The largest absolute Gasteiger partial charge is 0.456 e. The lowest BCUT2D eigenvalue weighted by Gasteiger charge is -2.31. The van der Waals surface area contributed by atoms with Gasteiger partial charge in [0.2, 0.25) is 0 Å². The van der Waals surface area contributed by atoms with E-state index in [1.54, 1.807) is 12.1 Å². The molecule has 2 aromatic carbocycles. The first-order chi connectivity index (χ1) is 13.1. The highest BCUT2D eigenvalue weighted by molar-refractivity contribution is 6.30. The minimum absolute atomic E-state index is 0.342. The molecule has 27 heavy (non-hydrogen) atoms. The summed E-state index contributed by atoms with van der Waals surface area (Å²) in [6.45, 7) is 0.926. The molecule has 0 unspecified atom stereocenters. The van der Waals surface area contributed by atoms with Crippen molar-refractivity contribution in [2.24, 2.45) is 7.05 Å². The Kier molecular flexibility index (Phi) is 4.61. The normalized spacial score (nSPS) is 19.0. The summed E-state index contributed by atoms with van der Waals surface area (Å²) in [6, 6.07) is 15.1. The molecule has 1 fully saturated rings. The summed E-state index contributed by atoms with van der Waals surface area (Å²) < 4.78 is 8.05. The highest BCUT2D eigenvalue weighted by atomic mass is 35.5. The lowest BCUT2D eigenvalue weighted by molar-refractivity contribution is 0.438. The summed E-state index contributed by atoms with van der Waals surface area (Å²) in [6.07, 6.45) is 5.73. The van der Waals surface area contributed by atoms with E-state index in [0.717, 1.165) is 30.6 Å². The van der Waals surface area contributed by atoms with Gasteiger partial charge in [0.05, 0.1) is 29.3 Å². The Hall–Kier alpha value is -2.81. The van der Waals surface area contributed by atoms with Crippen LogP contribution in [0, 0.1) is 11.3 Å². The number of ether oxygens (including phenoxy) is 1. The summed E-state index contributed by atoms with van der Waals surface area (Å²) in [5.74, 6) is 1.12. The first-order valence-corrected chi connectivity index (χ1v) is 9.20. The van der Waals surface area contributed by atoms with E-state index < -0.39 is 0 Å². The zero-order valence-electron chi connectivity index (χ0n) is 14.9. The van der Waals surface area contributed by atoms with Crippen LogP contribution >= 0.6 is 11.6 Å². The second kappa shape index (κ2) is 7.07. The molecule has 1 saturated heterocycles. The minimum atomic E-state index is -0.342. The third-order valence-electron chi connectivity index (χ3n) is 5.03. The lowest BCUT2D eigenvalue weighted by atomic mass is 9.84. The number of hydrogen-bond acceptors (Lipinski definition) is 4. The predicted octanol–water partition coefficient (Wildman–Crippen LogP) is 4.36. The van der Waals surface area contributed by atoms with Crippen LogP contribution in [0.25, 0.3) is 0 Å². The SMILES string of the molecule is Cn1cncc1[C@@]1(c2ccc(C#N)c(Oc3cccc(Cl)c3)c2)CCCN1. The number of rotatable bonds is 4. The van der Waals surface area contributed by atoms with Crippen molar-refractivity contribution < 1.29 is 4.74 Å². The van der Waals surface area contributed by atoms with Crippen molar-refractivity contribution in [3.63, 3.8) is 0 Å². The van der Waals surface area contributed by atoms with Crippen LogP contribution in [-0.4, -0.2) is 16.1 Å². The monoisotopic (exact) mass is 378 g/mol. The highest BCUT2D eigenvalue weighted by Crippen LogP contribution is 2.40. The maximum Gasteiger partial charge on any atom is 0.145 e. The standard InChI is InChI=1S/C21H19ClN4O/c1-26-14-24-13-20(26)21(8-3-9-25-21)16-7-6-15(12-23)19(10-16)27-18-5-2-4-17(22)11-18/h2,4-7,10-11,13-14,25H,3,8-9H2,1H3/t21-/m0/s1. The van der Waals surface area contributed by atoms with Gasteiger partial charge in [0.15, 0.2) is 0 Å². The molecule has 2 heterocycles. The lowest BCUT2D eigenvalue weighted by Crippen LogP contribution is -2.39. The molecule has 0 amide bonds. The van der Waals surface area contributed by atoms with Crippen molar-refractivity contribution >= 4 is 11.6 Å². The molecule has 0 bridgehead atoms. The van der Waals surface area contributed by atoms with E-state index in [9.17, 15) is 5.26 Å². The molecule has 0 radical (unpaired) electrons. The van der Waals surface area contributed by atoms with E-state index >= 15 is 0 Å². The number of nitrogens with one attached hydrogen (secondary N) is 1. The van der Waals surface area contributed by atoms with E-state index in [0.29, 0.717) is 22.1 Å². The molecule has 1 aliphatic rings. The van der Waals surface area contributed by atoms with Crippen LogP contribution in [0.3, 0.4) is 0 Å². The number of hydrogen-bond donors (Lipinski definition) is 1. The van der Waals surface area contributed by atoms with Crippen molar-refractivity contribution in [1.29, 1.82) is 5.26 Å². The van der Waals surface area contributed by atoms with Gasteiger partial charge in [0, 0.05) is 12.1 Å². The molecule has 0 aliphatic carbocycles. The van der Waals surface area contributed by atoms with Crippen molar-refractivity contribution in [2.45, 2.75) is 18.4 Å². The molecule has 1 aromatic heterocycles. The van der Waals surface area contributed by atoms with Gasteiger partial charge in [-0.15, -0.1) is 0 Å². The summed E-state index contributed by atoms with van der Waals surface area (Å²) in [5.41, 5.74) is 2.29. The summed E-state index contributed by atoms with van der Waals surface area (Å²) >= 11 is 6.06. The Labute approximate surface area is 163 Å². The smallest absolute Gasteiger partial charge is 0.145 e. The number of nitrogens with zero attached hydrogens (tertiary/aromatic N) is 3. The van der Waals surface area contributed by atoms with Crippen molar-refractivity contribution in [2.75, 3.05) is 6.54 Å². The van der Waals surface area contributed by atoms with E-state index in [1.807, 2.05) is 54.5 Å². The maximum absolute atomic E-state index is 9.51. The number of imidazole rings is 1. The van der Waals surface area contributed by atoms with E-state index in [2.05, 4.69) is 16.4 Å². The van der Waals surface area contributed by atoms with Crippen molar-refractivity contribution in [3.05, 3.63) is 76.8 Å².